The predicted molar refractivity (Wildman–Crippen MR) is 83.5 cm³/mol. The number of benzene rings is 1. The van der Waals surface area contributed by atoms with Gasteiger partial charge in [-0.2, -0.15) is 0 Å². The maximum Gasteiger partial charge on any atom is 0.231 e. The lowest BCUT2D eigenvalue weighted by Crippen LogP contribution is -2.26. The van der Waals surface area contributed by atoms with Crippen molar-refractivity contribution in [2.75, 3.05) is 12.3 Å². The zero-order chi connectivity index (χ0) is 14.7. The van der Waals surface area contributed by atoms with Gasteiger partial charge < -0.3 is 5.32 Å². The van der Waals surface area contributed by atoms with Gasteiger partial charge in [0.15, 0.2) is 5.16 Å². The first-order valence-electron chi connectivity index (χ1n) is 7.00. The molecule has 0 aliphatic rings. The minimum atomic E-state index is 0.0361. The third-order valence-corrected chi connectivity index (χ3v) is 4.13. The number of carbonyl (C=O) groups excluding carboxylic acids is 1. The Morgan fingerprint density at radius 1 is 1.43 bits per heavy atom. The highest BCUT2D eigenvalue weighted by Gasteiger charge is 2.13. The number of nitrogens with one attached hydrogen (secondary N) is 2. The second kappa shape index (κ2) is 6.17. The Bertz CT molecular complexity index is 763. The van der Waals surface area contributed by atoms with Crippen LogP contribution in [-0.4, -0.2) is 37.8 Å². The Hall–Kier alpha value is -2.02. The van der Waals surface area contributed by atoms with E-state index in [1.807, 2.05) is 28.7 Å². The quantitative estimate of drug-likeness (QED) is 0.541. The first kappa shape index (κ1) is 13.9. The molecule has 0 bridgehead atoms. The van der Waals surface area contributed by atoms with Gasteiger partial charge in [-0.1, -0.05) is 37.2 Å². The van der Waals surface area contributed by atoms with E-state index < -0.39 is 0 Å². The van der Waals surface area contributed by atoms with E-state index in [-0.39, 0.29) is 5.91 Å². The van der Waals surface area contributed by atoms with Crippen molar-refractivity contribution in [3.05, 3.63) is 24.3 Å². The summed E-state index contributed by atoms with van der Waals surface area (Å²) in [6.07, 6.45) is 2.09. The molecule has 0 radical (unpaired) electrons. The highest BCUT2D eigenvalue weighted by Crippen LogP contribution is 2.22. The first-order valence-corrected chi connectivity index (χ1v) is 7.99. The lowest BCUT2D eigenvalue weighted by molar-refractivity contribution is -0.118. The van der Waals surface area contributed by atoms with Crippen molar-refractivity contribution in [1.82, 2.24) is 24.9 Å². The van der Waals surface area contributed by atoms with Crippen LogP contribution >= 0.6 is 11.8 Å². The van der Waals surface area contributed by atoms with Crippen molar-refractivity contribution in [2.45, 2.75) is 24.9 Å². The van der Waals surface area contributed by atoms with Gasteiger partial charge in [-0.3, -0.25) is 9.20 Å². The summed E-state index contributed by atoms with van der Waals surface area (Å²) in [7, 11) is 0. The highest BCUT2D eigenvalue weighted by molar-refractivity contribution is 7.99. The molecule has 110 valence electrons. The zero-order valence-electron chi connectivity index (χ0n) is 11.8. The fourth-order valence-electron chi connectivity index (χ4n) is 2.12. The van der Waals surface area contributed by atoms with Gasteiger partial charge in [0, 0.05) is 6.54 Å². The van der Waals surface area contributed by atoms with E-state index in [2.05, 4.69) is 27.4 Å². The number of hydrogen-bond donors (Lipinski definition) is 2. The zero-order valence-corrected chi connectivity index (χ0v) is 12.6. The Morgan fingerprint density at radius 3 is 3.14 bits per heavy atom. The number of carbonyl (C=O) groups is 1. The molecular weight excluding hydrogens is 286 g/mol. The van der Waals surface area contributed by atoms with Crippen LogP contribution in [0.5, 0.6) is 0 Å². The molecule has 2 heterocycles. The number of H-pyrrole nitrogens is 1. The molecular formula is C14H17N5OS. The van der Waals surface area contributed by atoms with Crippen molar-refractivity contribution in [3.8, 4) is 0 Å². The van der Waals surface area contributed by atoms with Gasteiger partial charge in [0.2, 0.25) is 11.7 Å². The molecule has 21 heavy (non-hydrogen) atoms. The number of fused-ring (bicyclic) bond motifs is 3. The highest BCUT2D eigenvalue weighted by atomic mass is 32.2. The van der Waals surface area contributed by atoms with Crippen molar-refractivity contribution in [1.29, 1.82) is 0 Å². The molecule has 0 spiro atoms. The monoisotopic (exact) mass is 303 g/mol. The molecule has 0 aliphatic carbocycles. The number of nitrogens with zero attached hydrogens (tertiary/aromatic N) is 3. The predicted octanol–water partition coefficient (Wildman–Crippen LogP) is 2.22. The summed E-state index contributed by atoms with van der Waals surface area (Å²) in [4.78, 5) is 16.2. The Labute approximate surface area is 126 Å². The number of para-hydroxylation sites is 2. The molecule has 0 fully saturated rings. The SMILES string of the molecule is CCCCNC(=O)CSc1n[nH]c2nc3ccccc3n12. The number of imidazole rings is 1. The number of aromatic nitrogens is 4. The van der Waals surface area contributed by atoms with Crippen LogP contribution in [-0.2, 0) is 4.79 Å². The third-order valence-electron chi connectivity index (χ3n) is 3.19. The standard InChI is InChI=1S/C14H17N5OS/c1-2-3-8-15-12(20)9-21-14-18-17-13-16-10-6-4-5-7-11(10)19(13)14/h4-7H,2-3,8-9H2,1H3,(H,15,20)(H,16,17). The molecule has 3 rings (SSSR count). The van der Waals surface area contributed by atoms with Crippen LogP contribution < -0.4 is 5.32 Å². The van der Waals surface area contributed by atoms with Crippen LogP contribution in [0.25, 0.3) is 16.8 Å². The number of amides is 1. The fourth-order valence-corrected chi connectivity index (χ4v) is 2.91. The summed E-state index contributed by atoms with van der Waals surface area (Å²) in [5.74, 6) is 1.09. The average Bonchev–Trinajstić information content (AvgIpc) is 3.04. The maximum absolute atomic E-state index is 11.8. The number of thioether (sulfide) groups is 1. The van der Waals surface area contributed by atoms with E-state index >= 15 is 0 Å². The van der Waals surface area contributed by atoms with Crippen molar-refractivity contribution in [3.63, 3.8) is 0 Å². The molecule has 6 nitrogen and oxygen atoms in total. The summed E-state index contributed by atoms with van der Waals surface area (Å²) < 4.78 is 1.94. The van der Waals surface area contributed by atoms with Crippen LogP contribution in [0.4, 0.5) is 0 Å². The summed E-state index contributed by atoms with van der Waals surface area (Å²) in [5, 5.41) is 10.8. The molecule has 1 amide bonds. The fraction of sp³-hybridized carbons (Fsp3) is 0.357. The van der Waals surface area contributed by atoms with Crippen LogP contribution in [0, 0.1) is 0 Å². The first-order chi connectivity index (χ1) is 10.3. The maximum atomic E-state index is 11.8. The Balaban J connectivity index is 1.74. The average molecular weight is 303 g/mol. The molecule has 0 atom stereocenters. The van der Waals surface area contributed by atoms with Crippen molar-refractivity contribution >= 4 is 34.5 Å². The molecule has 2 N–H and O–H groups in total. The van der Waals surface area contributed by atoms with Gasteiger partial charge >= 0.3 is 0 Å². The van der Waals surface area contributed by atoms with Gasteiger partial charge in [0.25, 0.3) is 0 Å². The minimum absolute atomic E-state index is 0.0361. The number of unbranched alkanes of at least 4 members (excludes halogenated alkanes) is 1. The van der Waals surface area contributed by atoms with Crippen LogP contribution in [0.1, 0.15) is 19.8 Å². The van der Waals surface area contributed by atoms with Crippen LogP contribution in [0.15, 0.2) is 29.4 Å². The van der Waals surface area contributed by atoms with E-state index in [9.17, 15) is 4.79 Å². The molecule has 3 aromatic rings. The number of rotatable bonds is 6. The molecule has 0 saturated carbocycles. The van der Waals surface area contributed by atoms with E-state index in [0.29, 0.717) is 11.5 Å². The second-order valence-corrected chi connectivity index (χ2v) is 5.70. The van der Waals surface area contributed by atoms with Crippen LogP contribution in [0.2, 0.25) is 0 Å². The van der Waals surface area contributed by atoms with Gasteiger partial charge in [0.05, 0.1) is 16.8 Å². The second-order valence-electron chi connectivity index (χ2n) is 4.76. The number of aromatic amines is 1. The molecule has 0 unspecified atom stereocenters. The van der Waals surface area contributed by atoms with Gasteiger partial charge in [-0.15, -0.1) is 5.10 Å². The largest absolute Gasteiger partial charge is 0.355 e. The van der Waals surface area contributed by atoms with Gasteiger partial charge in [-0.25, -0.2) is 10.1 Å². The lowest BCUT2D eigenvalue weighted by atomic mass is 10.3. The molecule has 1 aromatic carbocycles. The summed E-state index contributed by atoms with van der Waals surface area (Å²) in [6, 6.07) is 7.88. The smallest absolute Gasteiger partial charge is 0.231 e. The Morgan fingerprint density at radius 2 is 2.29 bits per heavy atom. The Kier molecular flexibility index (Phi) is 4.10. The minimum Gasteiger partial charge on any atom is -0.355 e. The van der Waals surface area contributed by atoms with E-state index in [4.69, 9.17) is 0 Å². The summed E-state index contributed by atoms with van der Waals surface area (Å²) >= 11 is 1.41. The van der Waals surface area contributed by atoms with Gasteiger partial charge in [0.1, 0.15) is 0 Å². The molecule has 2 aromatic heterocycles. The normalized spacial score (nSPS) is 11.3. The topological polar surface area (TPSA) is 75.1 Å². The summed E-state index contributed by atoms with van der Waals surface area (Å²) in [5.41, 5.74) is 1.91. The molecule has 0 aliphatic heterocycles. The lowest BCUT2D eigenvalue weighted by Gasteiger charge is -2.03. The van der Waals surface area contributed by atoms with Crippen molar-refractivity contribution in [2.24, 2.45) is 0 Å². The van der Waals surface area contributed by atoms with Crippen LogP contribution in [0.3, 0.4) is 0 Å². The van der Waals surface area contributed by atoms with E-state index in [1.165, 1.54) is 11.8 Å². The van der Waals surface area contributed by atoms with Gasteiger partial charge in [-0.05, 0) is 18.6 Å². The summed E-state index contributed by atoms with van der Waals surface area (Å²) in [6.45, 7) is 2.84. The molecule has 7 heteroatoms. The molecule has 0 saturated heterocycles. The number of hydrogen-bond acceptors (Lipinski definition) is 4. The third kappa shape index (κ3) is 2.87. The van der Waals surface area contributed by atoms with E-state index in [1.54, 1.807) is 0 Å². The van der Waals surface area contributed by atoms with E-state index in [0.717, 1.165) is 35.6 Å². The van der Waals surface area contributed by atoms with Crippen molar-refractivity contribution < 1.29 is 4.79 Å².